The van der Waals surface area contributed by atoms with E-state index in [1.165, 1.54) is 0 Å². The van der Waals surface area contributed by atoms with Gasteiger partial charge >= 0.3 is 0 Å². The molecule has 2 amide bonds. The minimum absolute atomic E-state index is 0.0300. The lowest BCUT2D eigenvalue weighted by Gasteiger charge is -2.17. The van der Waals surface area contributed by atoms with Crippen LogP contribution in [0, 0.1) is 5.92 Å². The summed E-state index contributed by atoms with van der Waals surface area (Å²) in [5.41, 5.74) is 1.24. The number of carbonyl (C=O) groups excluding carboxylic acids is 2. The van der Waals surface area contributed by atoms with E-state index in [4.69, 9.17) is 0 Å². The van der Waals surface area contributed by atoms with Crippen LogP contribution in [0.1, 0.15) is 36.5 Å². The molecule has 0 spiro atoms. The maximum Gasteiger partial charge on any atom is 0.251 e. The molecule has 0 saturated carbocycles. The van der Waals surface area contributed by atoms with E-state index in [2.05, 4.69) is 22.8 Å². The zero-order valence-corrected chi connectivity index (χ0v) is 11.7. The topological polar surface area (TPSA) is 58.2 Å². The van der Waals surface area contributed by atoms with Crippen molar-refractivity contribution in [3.8, 4) is 0 Å². The Balaban J connectivity index is 2.02. The molecule has 1 atom stereocenters. The summed E-state index contributed by atoms with van der Waals surface area (Å²) >= 11 is 0. The van der Waals surface area contributed by atoms with Gasteiger partial charge in [0.25, 0.3) is 5.91 Å². The van der Waals surface area contributed by atoms with Gasteiger partial charge in [0.05, 0.1) is 0 Å². The van der Waals surface area contributed by atoms with Gasteiger partial charge in [-0.15, -0.1) is 0 Å². The summed E-state index contributed by atoms with van der Waals surface area (Å²) in [6, 6.07) is 7.03. The Morgan fingerprint density at radius 3 is 2.85 bits per heavy atom. The fourth-order valence-electron chi connectivity index (χ4n) is 2.28. The molecule has 0 aliphatic heterocycles. The highest BCUT2D eigenvalue weighted by Gasteiger charge is 2.18. The lowest BCUT2D eigenvalue weighted by atomic mass is 9.93. The molecule has 1 aliphatic carbocycles. The van der Waals surface area contributed by atoms with Crippen LogP contribution < -0.4 is 10.6 Å². The number of hydrogen-bond donors (Lipinski definition) is 2. The zero-order valence-electron chi connectivity index (χ0n) is 11.7. The minimum Gasteiger partial charge on any atom is -0.352 e. The van der Waals surface area contributed by atoms with Gasteiger partial charge in [0.1, 0.15) is 0 Å². The third-order valence-electron chi connectivity index (χ3n) is 3.37. The van der Waals surface area contributed by atoms with Crippen molar-refractivity contribution in [3.63, 3.8) is 0 Å². The Morgan fingerprint density at radius 2 is 2.15 bits per heavy atom. The van der Waals surface area contributed by atoms with E-state index in [1.807, 2.05) is 6.92 Å². The molecular weight excluding hydrogens is 252 g/mol. The molecule has 106 valence electrons. The molecule has 20 heavy (non-hydrogen) atoms. The first-order valence-electron chi connectivity index (χ1n) is 7.05. The van der Waals surface area contributed by atoms with E-state index in [0.717, 1.165) is 19.3 Å². The number of carbonyl (C=O) groups is 2. The average Bonchev–Trinajstić information content (AvgIpc) is 2.48. The molecular formula is C16H20N2O2. The third kappa shape index (κ3) is 3.70. The zero-order chi connectivity index (χ0) is 14.4. The van der Waals surface area contributed by atoms with Crippen LogP contribution in [-0.4, -0.2) is 18.4 Å². The van der Waals surface area contributed by atoms with Crippen molar-refractivity contribution in [3.05, 3.63) is 42.0 Å². The predicted molar refractivity (Wildman–Crippen MR) is 79.6 cm³/mol. The van der Waals surface area contributed by atoms with E-state index < -0.39 is 0 Å². The summed E-state index contributed by atoms with van der Waals surface area (Å²) < 4.78 is 0. The molecule has 0 radical (unpaired) electrons. The van der Waals surface area contributed by atoms with Crippen molar-refractivity contribution < 1.29 is 9.59 Å². The van der Waals surface area contributed by atoms with Crippen molar-refractivity contribution in [2.75, 3.05) is 11.9 Å². The fraction of sp³-hybridized carbons (Fsp3) is 0.375. The van der Waals surface area contributed by atoms with Gasteiger partial charge < -0.3 is 10.6 Å². The monoisotopic (exact) mass is 272 g/mol. The Labute approximate surface area is 119 Å². The maximum atomic E-state index is 12.1. The first kappa shape index (κ1) is 14.3. The Bertz CT molecular complexity index is 523. The number of anilines is 1. The van der Waals surface area contributed by atoms with E-state index in [1.54, 1.807) is 24.3 Å². The first-order chi connectivity index (χ1) is 9.70. The van der Waals surface area contributed by atoms with Crippen LogP contribution in [0.4, 0.5) is 5.69 Å². The largest absolute Gasteiger partial charge is 0.352 e. The van der Waals surface area contributed by atoms with E-state index >= 15 is 0 Å². The van der Waals surface area contributed by atoms with Gasteiger partial charge in [-0.1, -0.05) is 18.2 Å². The molecule has 0 fully saturated rings. The van der Waals surface area contributed by atoms with Crippen molar-refractivity contribution in [2.45, 2.75) is 26.2 Å². The smallest absolute Gasteiger partial charge is 0.251 e. The molecule has 2 N–H and O–H groups in total. The molecule has 0 heterocycles. The lowest BCUT2D eigenvalue weighted by molar-refractivity contribution is -0.120. The second-order valence-corrected chi connectivity index (χ2v) is 4.91. The molecule has 4 nitrogen and oxygen atoms in total. The van der Waals surface area contributed by atoms with Gasteiger partial charge in [0, 0.05) is 23.7 Å². The van der Waals surface area contributed by atoms with Gasteiger partial charge in [-0.05, 0) is 44.4 Å². The van der Waals surface area contributed by atoms with Gasteiger partial charge in [0.2, 0.25) is 5.91 Å². The van der Waals surface area contributed by atoms with Crippen molar-refractivity contribution in [1.82, 2.24) is 5.32 Å². The predicted octanol–water partition coefficient (Wildman–Crippen LogP) is 2.73. The number of rotatable bonds is 4. The molecule has 0 aromatic heterocycles. The average molecular weight is 272 g/mol. The molecule has 1 aromatic carbocycles. The second-order valence-electron chi connectivity index (χ2n) is 4.91. The number of benzene rings is 1. The van der Waals surface area contributed by atoms with Gasteiger partial charge in [-0.2, -0.15) is 0 Å². The fourth-order valence-corrected chi connectivity index (χ4v) is 2.28. The molecule has 2 rings (SSSR count). The lowest BCUT2D eigenvalue weighted by Crippen LogP contribution is -2.24. The highest BCUT2D eigenvalue weighted by Crippen LogP contribution is 2.20. The summed E-state index contributed by atoms with van der Waals surface area (Å²) in [6.07, 6.45) is 6.80. The molecule has 1 aromatic rings. The van der Waals surface area contributed by atoms with Gasteiger partial charge in [-0.3, -0.25) is 9.59 Å². The van der Waals surface area contributed by atoms with Crippen LogP contribution in [0.25, 0.3) is 0 Å². The molecule has 0 unspecified atom stereocenters. The quantitative estimate of drug-likeness (QED) is 0.828. The molecule has 1 aliphatic rings. The van der Waals surface area contributed by atoms with Crippen LogP contribution in [0.15, 0.2) is 36.4 Å². The molecule has 0 bridgehead atoms. The van der Waals surface area contributed by atoms with Crippen LogP contribution in [0.3, 0.4) is 0 Å². The summed E-state index contributed by atoms with van der Waals surface area (Å²) in [7, 11) is 0. The SMILES string of the molecule is CCNC(=O)c1cccc(NC(=O)[C@H]2CC=CCC2)c1. The van der Waals surface area contributed by atoms with E-state index in [0.29, 0.717) is 17.8 Å². The summed E-state index contributed by atoms with van der Waals surface area (Å²) in [6.45, 7) is 2.46. The summed E-state index contributed by atoms with van der Waals surface area (Å²) in [5.74, 6) is -0.0558. The second kappa shape index (κ2) is 6.89. The summed E-state index contributed by atoms with van der Waals surface area (Å²) in [5, 5.41) is 5.64. The number of allylic oxidation sites excluding steroid dienone is 2. The highest BCUT2D eigenvalue weighted by molar-refractivity contribution is 5.97. The highest BCUT2D eigenvalue weighted by atomic mass is 16.2. The minimum atomic E-state index is -0.121. The van der Waals surface area contributed by atoms with E-state index in [-0.39, 0.29) is 17.7 Å². The first-order valence-corrected chi connectivity index (χ1v) is 7.05. The van der Waals surface area contributed by atoms with Crippen LogP contribution in [0.2, 0.25) is 0 Å². The van der Waals surface area contributed by atoms with Gasteiger partial charge in [-0.25, -0.2) is 0 Å². The number of hydrogen-bond acceptors (Lipinski definition) is 2. The summed E-state index contributed by atoms with van der Waals surface area (Å²) in [4.78, 5) is 23.9. The number of amides is 2. The standard InChI is InChI=1S/C16H20N2O2/c1-2-17-15(19)13-9-6-10-14(11-13)18-16(20)12-7-4-3-5-8-12/h3-4,6,9-12H,2,5,7-8H2,1H3,(H,17,19)(H,18,20)/t12-/m0/s1. The Morgan fingerprint density at radius 1 is 1.30 bits per heavy atom. The number of nitrogens with one attached hydrogen (secondary N) is 2. The Kier molecular flexibility index (Phi) is 4.93. The third-order valence-corrected chi connectivity index (χ3v) is 3.37. The van der Waals surface area contributed by atoms with E-state index in [9.17, 15) is 9.59 Å². The van der Waals surface area contributed by atoms with Crippen molar-refractivity contribution in [1.29, 1.82) is 0 Å². The normalized spacial score (nSPS) is 17.6. The van der Waals surface area contributed by atoms with Crippen LogP contribution in [0.5, 0.6) is 0 Å². The van der Waals surface area contributed by atoms with Crippen molar-refractivity contribution >= 4 is 17.5 Å². The molecule has 0 saturated heterocycles. The van der Waals surface area contributed by atoms with Crippen molar-refractivity contribution in [2.24, 2.45) is 5.92 Å². The van der Waals surface area contributed by atoms with Gasteiger partial charge in [0.15, 0.2) is 0 Å². The molecule has 4 heteroatoms. The maximum absolute atomic E-state index is 12.1. The Hall–Kier alpha value is -2.10. The van der Waals surface area contributed by atoms with Crippen LogP contribution in [-0.2, 0) is 4.79 Å². The van der Waals surface area contributed by atoms with Crippen LogP contribution >= 0.6 is 0 Å².